The molecule has 0 bridgehead atoms. The SMILES string of the molecule is Cc1[nH]nc2c1[C@@H](c1cc(Br)ccc1F)C(C#N)=C(N)O2. The molecule has 1 aliphatic rings. The van der Waals surface area contributed by atoms with Gasteiger partial charge in [-0.2, -0.15) is 5.26 Å². The van der Waals surface area contributed by atoms with Gasteiger partial charge in [0, 0.05) is 21.3 Å². The highest BCUT2D eigenvalue weighted by Gasteiger charge is 2.35. The van der Waals surface area contributed by atoms with Crippen molar-refractivity contribution in [2.45, 2.75) is 12.8 Å². The molecule has 0 fully saturated rings. The first-order chi connectivity index (χ1) is 10.0. The Morgan fingerprint density at radius 3 is 3.00 bits per heavy atom. The second-order valence-corrected chi connectivity index (χ2v) is 5.57. The maximum Gasteiger partial charge on any atom is 0.244 e. The van der Waals surface area contributed by atoms with Crippen LogP contribution in [0.15, 0.2) is 34.1 Å². The molecule has 1 aromatic heterocycles. The van der Waals surface area contributed by atoms with E-state index in [-0.39, 0.29) is 17.3 Å². The molecule has 1 aromatic carbocycles. The summed E-state index contributed by atoms with van der Waals surface area (Å²) in [7, 11) is 0. The van der Waals surface area contributed by atoms with Gasteiger partial charge in [-0.1, -0.05) is 15.9 Å². The van der Waals surface area contributed by atoms with Gasteiger partial charge < -0.3 is 10.5 Å². The first kappa shape index (κ1) is 13.6. The van der Waals surface area contributed by atoms with E-state index < -0.39 is 11.7 Å². The first-order valence-corrected chi connectivity index (χ1v) is 6.89. The lowest BCUT2D eigenvalue weighted by molar-refractivity contribution is 0.378. The van der Waals surface area contributed by atoms with Crippen LogP contribution in [0.3, 0.4) is 0 Å². The number of H-pyrrole nitrogens is 1. The number of nitrogens with two attached hydrogens (primary N) is 1. The van der Waals surface area contributed by atoms with E-state index in [1.165, 1.54) is 6.07 Å². The highest BCUT2D eigenvalue weighted by atomic mass is 79.9. The fraction of sp³-hybridized carbons (Fsp3) is 0.143. The van der Waals surface area contributed by atoms with Crippen molar-refractivity contribution in [3.8, 4) is 11.9 Å². The Morgan fingerprint density at radius 1 is 1.52 bits per heavy atom. The molecule has 1 aliphatic heterocycles. The Bertz CT molecular complexity index is 806. The number of ether oxygens (including phenoxy) is 1. The van der Waals surface area contributed by atoms with E-state index in [0.29, 0.717) is 21.3 Å². The van der Waals surface area contributed by atoms with Gasteiger partial charge in [0.25, 0.3) is 0 Å². The maximum absolute atomic E-state index is 14.3. The molecular weight excluding hydrogens is 339 g/mol. The molecule has 0 saturated heterocycles. The largest absolute Gasteiger partial charge is 0.420 e. The zero-order valence-electron chi connectivity index (χ0n) is 10.9. The van der Waals surface area contributed by atoms with Crippen LogP contribution in [0.5, 0.6) is 5.88 Å². The third-order valence-electron chi connectivity index (χ3n) is 3.40. The van der Waals surface area contributed by atoms with Crippen LogP contribution in [-0.2, 0) is 0 Å². The minimum atomic E-state index is -0.644. The maximum atomic E-state index is 14.3. The molecular formula is C14H10BrFN4O. The van der Waals surface area contributed by atoms with Crippen molar-refractivity contribution in [1.82, 2.24) is 10.2 Å². The summed E-state index contributed by atoms with van der Waals surface area (Å²) in [6.45, 7) is 1.79. The van der Waals surface area contributed by atoms with E-state index in [1.54, 1.807) is 19.1 Å². The standard InChI is InChI=1S/C14H10BrFN4O/c1-6-11-12(8-4-7(15)2-3-10(8)16)9(5-17)13(18)21-14(11)20-19-6/h2-4,12H,18H2,1H3,(H,19,20)/t12-/m0/s1. The number of hydrogen-bond donors (Lipinski definition) is 2. The van der Waals surface area contributed by atoms with Crippen molar-refractivity contribution in [1.29, 1.82) is 5.26 Å². The summed E-state index contributed by atoms with van der Waals surface area (Å²) in [5, 5.41) is 16.2. The highest BCUT2D eigenvalue weighted by Crippen LogP contribution is 2.43. The molecule has 2 aromatic rings. The van der Waals surface area contributed by atoms with Crippen LogP contribution >= 0.6 is 15.9 Å². The molecule has 2 heterocycles. The number of aromatic nitrogens is 2. The number of benzene rings is 1. The summed E-state index contributed by atoms with van der Waals surface area (Å²) in [6, 6.07) is 6.58. The van der Waals surface area contributed by atoms with Gasteiger partial charge in [0.05, 0.1) is 5.92 Å². The monoisotopic (exact) mass is 348 g/mol. The van der Waals surface area contributed by atoms with Crippen LogP contribution in [0.2, 0.25) is 0 Å². The minimum absolute atomic E-state index is 0.0547. The number of hydrogen-bond acceptors (Lipinski definition) is 4. The lowest BCUT2D eigenvalue weighted by atomic mass is 9.84. The van der Waals surface area contributed by atoms with Crippen LogP contribution in [-0.4, -0.2) is 10.2 Å². The van der Waals surface area contributed by atoms with E-state index in [2.05, 4.69) is 26.1 Å². The molecule has 3 N–H and O–H groups in total. The molecule has 0 aliphatic carbocycles. The number of aryl methyl sites for hydroxylation is 1. The van der Waals surface area contributed by atoms with Gasteiger partial charge in [0.15, 0.2) is 0 Å². The number of fused-ring (bicyclic) bond motifs is 1. The third kappa shape index (κ3) is 2.08. The van der Waals surface area contributed by atoms with Gasteiger partial charge in [-0.15, -0.1) is 5.10 Å². The van der Waals surface area contributed by atoms with Crippen molar-refractivity contribution >= 4 is 15.9 Å². The van der Waals surface area contributed by atoms with E-state index >= 15 is 0 Å². The van der Waals surface area contributed by atoms with Crippen LogP contribution < -0.4 is 10.5 Å². The lowest BCUT2D eigenvalue weighted by Gasteiger charge is -2.24. The fourth-order valence-electron chi connectivity index (χ4n) is 2.45. The van der Waals surface area contributed by atoms with Gasteiger partial charge in [-0.25, -0.2) is 4.39 Å². The number of nitriles is 1. The van der Waals surface area contributed by atoms with Crippen molar-refractivity contribution < 1.29 is 9.13 Å². The van der Waals surface area contributed by atoms with E-state index in [9.17, 15) is 9.65 Å². The Kier molecular flexibility index (Phi) is 3.18. The summed E-state index contributed by atoms with van der Waals surface area (Å²) in [6.07, 6.45) is 0. The smallest absolute Gasteiger partial charge is 0.244 e. The Labute approximate surface area is 128 Å². The van der Waals surface area contributed by atoms with Crippen LogP contribution in [0.1, 0.15) is 22.7 Å². The van der Waals surface area contributed by atoms with Crippen LogP contribution in [0, 0.1) is 24.1 Å². The zero-order chi connectivity index (χ0) is 15.1. The molecule has 3 rings (SSSR count). The van der Waals surface area contributed by atoms with Crippen molar-refractivity contribution in [2.75, 3.05) is 0 Å². The van der Waals surface area contributed by atoms with Crippen molar-refractivity contribution in [3.05, 3.63) is 56.8 Å². The number of nitrogens with zero attached hydrogens (tertiary/aromatic N) is 2. The Hall–Kier alpha value is -2.33. The molecule has 21 heavy (non-hydrogen) atoms. The van der Waals surface area contributed by atoms with Gasteiger partial charge in [-0.3, -0.25) is 5.10 Å². The van der Waals surface area contributed by atoms with Crippen LogP contribution in [0.25, 0.3) is 0 Å². The molecule has 5 nitrogen and oxygen atoms in total. The topological polar surface area (TPSA) is 87.7 Å². The average molecular weight is 349 g/mol. The molecule has 0 saturated carbocycles. The van der Waals surface area contributed by atoms with Crippen molar-refractivity contribution in [3.63, 3.8) is 0 Å². The zero-order valence-corrected chi connectivity index (χ0v) is 12.5. The number of rotatable bonds is 1. The van der Waals surface area contributed by atoms with Gasteiger partial charge in [0.1, 0.15) is 17.5 Å². The van der Waals surface area contributed by atoms with Crippen molar-refractivity contribution in [2.24, 2.45) is 5.73 Å². The summed E-state index contributed by atoms with van der Waals surface area (Å²) in [5.74, 6) is -0.846. The van der Waals surface area contributed by atoms with Gasteiger partial charge in [-0.05, 0) is 25.1 Å². The van der Waals surface area contributed by atoms with E-state index in [4.69, 9.17) is 10.5 Å². The number of aromatic amines is 1. The molecule has 7 heteroatoms. The lowest BCUT2D eigenvalue weighted by Crippen LogP contribution is -2.21. The third-order valence-corrected chi connectivity index (χ3v) is 3.89. The molecule has 0 radical (unpaired) electrons. The number of halogens is 2. The summed E-state index contributed by atoms with van der Waals surface area (Å²) >= 11 is 3.32. The first-order valence-electron chi connectivity index (χ1n) is 6.10. The molecule has 0 amide bonds. The Morgan fingerprint density at radius 2 is 2.29 bits per heavy atom. The minimum Gasteiger partial charge on any atom is -0.420 e. The molecule has 0 spiro atoms. The molecule has 0 unspecified atom stereocenters. The summed E-state index contributed by atoms with van der Waals surface area (Å²) < 4.78 is 20.3. The molecule has 1 atom stereocenters. The van der Waals surface area contributed by atoms with E-state index in [0.717, 1.165) is 0 Å². The highest BCUT2D eigenvalue weighted by molar-refractivity contribution is 9.10. The quantitative estimate of drug-likeness (QED) is 0.829. The van der Waals surface area contributed by atoms with Gasteiger partial charge in [0.2, 0.25) is 11.8 Å². The van der Waals surface area contributed by atoms with E-state index in [1.807, 2.05) is 6.07 Å². The molecule has 106 valence electrons. The number of allylic oxidation sites excluding steroid dienone is 1. The summed E-state index contributed by atoms with van der Waals surface area (Å²) in [4.78, 5) is 0. The van der Waals surface area contributed by atoms with Gasteiger partial charge >= 0.3 is 0 Å². The predicted molar refractivity (Wildman–Crippen MR) is 76.7 cm³/mol. The fourth-order valence-corrected chi connectivity index (χ4v) is 2.82. The summed E-state index contributed by atoms with van der Waals surface area (Å²) in [5.41, 5.74) is 7.62. The number of nitrogens with one attached hydrogen (secondary N) is 1. The second-order valence-electron chi connectivity index (χ2n) is 4.66. The Balaban J connectivity index is 2.30. The average Bonchev–Trinajstić information content (AvgIpc) is 2.81. The van der Waals surface area contributed by atoms with Crippen LogP contribution in [0.4, 0.5) is 4.39 Å². The normalized spacial score (nSPS) is 17.1. The predicted octanol–water partition coefficient (Wildman–Crippen LogP) is 2.84. The second kappa shape index (κ2) is 4.90.